The van der Waals surface area contributed by atoms with E-state index in [1.165, 1.54) is 11.1 Å². The van der Waals surface area contributed by atoms with Crippen molar-refractivity contribution in [2.75, 3.05) is 0 Å². The Morgan fingerprint density at radius 1 is 1.23 bits per heavy atom. The maximum absolute atomic E-state index is 6.05. The van der Waals surface area contributed by atoms with Gasteiger partial charge in [-0.05, 0) is 31.9 Å². The molecular weight excluding hydrogens is 158 g/mol. The van der Waals surface area contributed by atoms with Crippen molar-refractivity contribution in [2.45, 2.75) is 26.3 Å². The van der Waals surface area contributed by atoms with Gasteiger partial charge in [0.05, 0.1) is 0 Å². The van der Waals surface area contributed by atoms with E-state index >= 15 is 0 Å². The van der Waals surface area contributed by atoms with Crippen molar-refractivity contribution in [1.82, 2.24) is 0 Å². The van der Waals surface area contributed by atoms with Crippen LogP contribution < -0.4 is 5.73 Å². The molecule has 1 heteroatoms. The molecule has 0 fully saturated rings. The first kappa shape index (κ1) is 10.0. The first-order valence-corrected chi connectivity index (χ1v) is 4.57. The summed E-state index contributed by atoms with van der Waals surface area (Å²) in [4.78, 5) is 0. The maximum atomic E-state index is 6.05. The highest BCUT2D eigenvalue weighted by Gasteiger charge is 2.17. The van der Waals surface area contributed by atoms with E-state index in [4.69, 9.17) is 5.73 Å². The van der Waals surface area contributed by atoms with E-state index in [9.17, 15) is 0 Å². The first-order valence-electron chi connectivity index (χ1n) is 4.57. The molecule has 0 atom stereocenters. The topological polar surface area (TPSA) is 26.0 Å². The standard InChI is InChI=1S/C12H17N/c1-4-11(12(2,3)13)10-8-6-5-7-9-10/h4-9H,13H2,1-3H3/b11-4+. The number of nitrogens with two attached hydrogens (primary N) is 1. The molecule has 0 aromatic heterocycles. The van der Waals surface area contributed by atoms with Crippen LogP contribution in [-0.4, -0.2) is 5.54 Å². The number of hydrogen-bond acceptors (Lipinski definition) is 1. The largest absolute Gasteiger partial charge is 0.322 e. The van der Waals surface area contributed by atoms with Gasteiger partial charge in [-0.1, -0.05) is 36.4 Å². The van der Waals surface area contributed by atoms with Crippen LogP contribution in [0.15, 0.2) is 36.4 Å². The minimum absolute atomic E-state index is 0.268. The average Bonchev–Trinajstić information content (AvgIpc) is 2.05. The van der Waals surface area contributed by atoms with Crippen LogP contribution in [0.5, 0.6) is 0 Å². The van der Waals surface area contributed by atoms with E-state index < -0.39 is 0 Å². The normalized spacial score (nSPS) is 13.1. The highest BCUT2D eigenvalue weighted by Crippen LogP contribution is 2.24. The van der Waals surface area contributed by atoms with Gasteiger partial charge in [0, 0.05) is 5.54 Å². The van der Waals surface area contributed by atoms with Crippen molar-refractivity contribution in [1.29, 1.82) is 0 Å². The van der Waals surface area contributed by atoms with Crippen molar-refractivity contribution < 1.29 is 0 Å². The minimum Gasteiger partial charge on any atom is -0.322 e. The van der Waals surface area contributed by atoms with E-state index in [0.29, 0.717) is 0 Å². The SMILES string of the molecule is C/C=C(\c1ccccc1)C(C)(C)N. The van der Waals surface area contributed by atoms with Crippen molar-refractivity contribution in [2.24, 2.45) is 5.73 Å². The molecule has 1 nitrogen and oxygen atoms in total. The Morgan fingerprint density at radius 2 is 1.77 bits per heavy atom. The summed E-state index contributed by atoms with van der Waals surface area (Å²) in [7, 11) is 0. The van der Waals surface area contributed by atoms with Gasteiger partial charge in [-0.2, -0.15) is 0 Å². The number of benzene rings is 1. The van der Waals surface area contributed by atoms with E-state index in [1.807, 2.05) is 39.0 Å². The third-order valence-electron chi connectivity index (χ3n) is 2.07. The molecule has 0 bridgehead atoms. The molecule has 0 unspecified atom stereocenters. The van der Waals surface area contributed by atoms with Crippen LogP contribution >= 0.6 is 0 Å². The van der Waals surface area contributed by atoms with Crippen LogP contribution in [-0.2, 0) is 0 Å². The minimum atomic E-state index is -0.268. The lowest BCUT2D eigenvalue weighted by molar-refractivity contribution is 0.674. The lowest BCUT2D eigenvalue weighted by atomic mass is 9.89. The third-order valence-corrected chi connectivity index (χ3v) is 2.07. The summed E-state index contributed by atoms with van der Waals surface area (Å²) in [5.74, 6) is 0. The molecule has 0 radical (unpaired) electrons. The predicted octanol–water partition coefficient (Wildman–Crippen LogP) is 2.83. The van der Waals surface area contributed by atoms with Gasteiger partial charge >= 0.3 is 0 Å². The predicted molar refractivity (Wildman–Crippen MR) is 58.4 cm³/mol. The number of allylic oxidation sites excluding steroid dienone is 1. The molecule has 1 aromatic carbocycles. The van der Waals surface area contributed by atoms with E-state index in [-0.39, 0.29) is 5.54 Å². The van der Waals surface area contributed by atoms with E-state index in [2.05, 4.69) is 18.2 Å². The zero-order valence-corrected chi connectivity index (χ0v) is 8.54. The van der Waals surface area contributed by atoms with Gasteiger partial charge in [-0.25, -0.2) is 0 Å². The van der Waals surface area contributed by atoms with Gasteiger partial charge in [-0.15, -0.1) is 0 Å². The summed E-state index contributed by atoms with van der Waals surface area (Å²) in [6.45, 7) is 6.07. The third kappa shape index (κ3) is 2.43. The van der Waals surface area contributed by atoms with Crippen molar-refractivity contribution >= 4 is 5.57 Å². The molecule has 0 saturated carbocycles. The Morgan fingerprint density at radius 3 is 2.15 bits per heavy atom. The molecule has 0 spiro atoms. The van der Waals surface area contributed by atoms with Gasteiger partial charge < -0.3 is 5.73 Å². The van der Waals surface area contributed by atoms with Gasteiger partial charge in [0.1, 0.15) is 0 Å². The number of hydrogen-bond donors (Lipinski definition) is 1. The van der Waals surface area contributed by atoms with Crippen LogP contribution in [0, 0.1) is 0 Å². The van der Waals surface area contributed by atoms with Gasteiger partial charge in [-0.3, -0.25) is 0 Å². The molecule has 1 rings (SSSR count). The van der Waals surface area contributed by atoms with Crippen LogP contribution in [0.2, 0.25) is 0 Å². The van der Waals surface area contributed by atoms with Gasteiger partial charge in [0.2, 0.25) is 0 Å². The average molecular weight is 175 g/mol. The molecular formula is C12H17N. The molecule has 70 valence electrons. The van der Waals surface area contributed by atoms with Crippen molar-refractivity contribution in [3.8, 4) is 0 Å². The molecule has 0 saturated heterocycles. The monoisotopic (exact) mass is 175 g/mol. The van der Waals surface area contributed by atoms with E-state index in [1.54, 1.807) is 0 Å². The zero-order valence-electron chi connectivity index (χ0n) is 8.54. The lowest BCUT2D eigenvalue weighted by Gasteiger charge is -2.23. The fourth-order valence-corrected chi connectivity index (χ4v) is 1.53. The summed E-state index contributed by atoms with van der Waals surface area (Å²) in [5.41, 5.74) is 8.18. The second-order valence-electron chi connectivity index (χ2n) is 3.79. The molecule has 2 N–H and O–H groups in total. The molecule has 1 aromatic rings. The molecule has 0 amide bonds. The Kier molecular flexibility index (Phi) is 2.89. The second kappa shape index (κ2) is 3.75. The van der Waals surface area contributed by atoms with Crippen LogP contribution in [0.25, 0.3) is 5.57 Å². The summed E-state index contributed by atoms with van der Waals surface area (Å²) in [6.07, 6.45) is 2.08. The fraction of sp³-hybridized carbons (Fsp3) is 0.333. The van der Waals surface area contributed by atoms with Gasteiger partial charge in [0.15, 0.2) is 0 Å². The quantitative estimate of drug-likeness (QED) is 0.735. The van der Waals surface area contributed by atoms with E-state index in [0.717, 1.165) is 0 Å². The summed E-state index contributed by atoms with van der Waals surface area (Å²) >= 11 is 0. The van der Waals surface area contributed by atoms with Crippen molar-refractivity contribution in [3.05, 3.63) is 42.0 Å². The number of rotatable bonds is 2. The summed E-state index contributed by atoms with van der Waals surface area (Å²) in [6, 6.07) is 10.3. The van der Waals surface area contributed by atoms with Crippen LogP contribution in [0.4, 0.5) is 0 Å². The lowest BCUT2D eigenvalue weighted by Crippen LogP contribution is -2.33. The smallest absolute Gasteiger partial charge is 0.0355 e. The first-order chi connectivity index (χ1) is 6.05. The van der Waals surface area contributed by atoms with Crippen LogP contribution in [0.1, 0.15) is 26.3 Å². The Labute approximate surface area is 80.3 Å². The summed E-state index contributed by atoms with van der Waals surface area (Å²) in [5, 5.41) is 0. The highest BCUT2D eigenvalue weighted by molar-refractivity contribution is 5.71. The Balaban J connectivity index is 3.08. The van der Waals surface area contributed by atoms with Crippen LogP contribution in [0.3, 0.4) is 0 Å². The second-order valence-corrected chi connectivity index (χ2v) is 3.79. The molecule has 0 aliphatic carbocycles. The highest BCUT2D eigenvalue weighted by atomic mass is 14.7. The van der Waals surface area contributed by atoms with Gasteiger partial charge in [0.25, 0.3) is 0 Å². The summed E-state index contributed by atoms with van der Waals surface area (Å²) < 4.78 is 0. The Hall–Kier alpha value is -1.08. The molecule has 0 heterocycles. The molecule has 0 aliphatic heterocycles. The maximum Gasteiger partial charge on any atom is 0.0355 e. The molecule has 13 heavy (non-hydrogen) atoms. The Bertz CT molecular complexity index is 291. The zero-order chi connectivity index (χ0) is 9.90. The fourth-order valence-electron chi connectivity index (χ4n) is 1.53. The molecule has 0 aliphatic rings. The van der Waals surface area contributed by atoms with Crippen molar-refractivity contribution in [3.63, 3.8) is 0 Å².